The molecule has 0 fully saturated rings. The Labute approximate surface area is 102 Å². The van der Waals surface area contributed by atoms with Crippen molar-refractivity contribution in [3.8, 4) is 18.1 Å². The van der Waals surface area contributed by atoms with Gasteiger partial charge in [-0.05, 0) is 25.0 Å². The molecule has 0 aliphatic carbocycles. The van der Waals surface area contributed by atoms with E-state index >= 15 is 0 Å². The van der Waals surface area contributed by atoms with Gasteiger partial charge in [0.1, 0.15) is 5.75 Å². The SMILES string of the molecule is C#CCNC(=O)CCCOc1ccccc1C. The van der Waals surface area contributed by atoms with Gasteiger partial charge in [-0.15, -0.1) is 6.42 Å². The van der Waals surface area contributed by atoms with E-state index in [4.69, 9.17) is 11.2 Å². The molecule has 1 rings (SSSR count). The highest BCUT2D eigenvalue weighted by atomic mass is 16.5. The van der Waals surface area contributed by atoms with E-state index < -0.39 is 0 Å². The first kappa shape index (κ1) is 13.1. The fourth-order valence-electron chi connectivity index (χ4n) is 1.37. The minimum absolute atomic E-state index is 0.0312. The Morgan fingerprint density at radius 2 is 2.24 bits per heavy atom. The molecular weight excluding hydrogens is 214 g/mol. The van der Waals surface area contributed by atoms with Gasteiger partial charge < -0.3 is 10.1 Å². The molecule has 1 N–H and O–H groups in total. The third-order valence-corrected chi connectivity index (χ3v) is 2.29. The van der Waals surface area contributed by atoms with Gasteiger partial charge in [0.15, 0.2) is 0 Å². The van der Waals surface area contributed by atoms with Gasteiger partial charge in [-0.3, -0.25) is 4.79 Å². The van der Waals surface area contributed by atoms with Crippen molar-refractivity contribution in [2.24, 2.45) is 0 Å². The second-order valence-corrected chi connectivity index (χ2v) is 3.70. The minimum atomic E-state index is -0.0312. The summed E-state index contributed by atoms with van der Waals surface area (Å²) >= 11 is 0. The third-order valence-electron chi connectivity index (χ3n) is 2.29. The maximum Gasteiger partial charge on any atom is 0.220 e. The van der Waals surface area contributed by atoms with Crippen LogP contribution in [0.5, 0.6) is 5.75 Å². The van der Waals surface area contributed by atoms with Crippen molar-refractivity contribution in [3.63, 3.8) is 0 Å². The lowest BCUT2D eigenvalue weighted by atomic mass is 10.2. The van der Waals surface area contributed by atoms with E-state index in [2.05, 4.69) is 11.2 Å². The summed E-state index contributed by atoms with van der Waals surface area (Å²) in [6, 6.07) is 7.82. The monoisotopic (exact) mass is 231 g/mol. The molecule has 0 aliphatic heterocycles. The summed E-state index contributed by atoms with van der Waals surface area (Å²) in [5.41, 5.74) is 1.10. The fraction of sp³-hybridized carbons (Fsp3) is 0.357. The number of terminal acetylenes is 1. The Morgan fingerprint density at radius 1 is 1.47 bits per heavy atom. The number of carbonyl (C=O) groups excluding carboxylic acids is 1. The summed E-state index contributed by atoms with van der Waals surface area (Å²) in [5, 5.41) is 2.61. The van der Waals surface area contributed by atoms with Crippen LogP contribution in [-0.2, 0) is 4.79 Å². The molecule has 1 amide bonds. The van der Waals surface area contributed by atoms with Crippen LogP contribution in [0.4, 0.5) is 0 Å². The third kappa shape index (κ3) is 5.07. The van der Waals surface area contributed by atoms with Crippen LogP contribution in [0.3, 0.4) is 0 Å². The van der Waals surface area contributed by atoms with E-state index in [-0.39, 0.29) is 12.5 Å². The van der Waals surface area contributed by atoms with Crippen LogP contribution in [0, 0.1) is 19.3 Å². The van der Waals surface area contributed by atoms with Crippen molar-refractivity contribution < 1.29 is 9.53 Å². The van der Waals surface area contributed by atoms with Crippen LogP contribution in [0.1, 0.15) is 18.4 Å². The predicted molar refractivity (Wildman–Crippen MR) is 67.8 cm³/mol. The smallest absolute Gasteiger partial charge is 0.220 e. The topological polar surface area (TPSA) is 38.3 Å². The Morgan fingerprint density at radius 3 is 2.94 bits per heavy atom. The second kappa shape index (κ2) is 7.34. The van der Waals surface area contributed by atoms with Crippen molar-refractivity contribution in [2.75, 3.05) is 13.2 Å². The minimum Gasteiger partial charge on any atom is -0.493 e. The number of aryl methyl sites for hydroxylation is 1. The highest BCUT2D eigenvalue weighted by molar-refractivity contribution is 5.76. The maximum absolute atomic E-state index is 11.2. The van der Waals surface area contributed by atoms with Crippen molar-refractivity contribution >= 4 is 5.91 Å². The number of carbonyl (C=O) groups is 1. The number of hydrogen-bond donors (Lipinski definition) is 1. The summed E-state index contributed by atoms with van der Waals surface area (Å²) in [7, 11) is 0. The first-order valence-corrected chi connectivity index (χ1v) is 5.62. The number of rotatable bonds is 6. The molecule has 0 spiro atoms. The number of hydrogen-bond acceptors (Lipinski definition) is 2. The quantitative estimate of drug-likeness (QED) is 0.600. The zero-order valence-corrected chi connectivity index (χ0v) is 10.0. The van der Waals surface area contributed by atoms with E-state index in [1.807, 2.05) is 31.2 Å². The summed E-state index contributed by atoms with van der Waals surface area (Å²) in [5.74, 6) is 3.20. The van der Waals surface area contributed by atoms with E-state index in [0.717, 1.165) is 11.3 Å². The second-order valence-electron chi connectivity index (χ2n) is 3.70. The molecule has 17 heavy (non-hydrogen) atoms. The molecule has 1 aromatic carbocycles. The van der Waals surface area contributed by atoms with E-state index in [1.165, 1.54) is 0 Å². The van der Waals surface area contributed by atoms with Gasteiger partial charge in [0.25, 0.3) is 0 Å². The normalized spacial score (nSPS) is 9.41. The molecule has 0 saturated carbocycles. The Hall–Kier alpha value is -1.95. The summed E-state index contributed by atoms with van der Waals surface area (Å²) in [6.07, 6.45) is 6.16. The molecule has 0 heterocycles. The van der Waals surface area contributed by atoms with Crippen LogP contribution in [0.15, 0.2) is 24.3 Å². The van der Waals surface area contributed by atoms with Gasteiger partial charge in [0.2, 0.25) is 5.91 Å². The van der Waals surface area contributed by atoms with E-state index in [9.17, 15) is 4.79 Å². The molecule has 0 bridgehead atoms. The van der Waals surface area contributed by atoms with Crippen LogP contribution in [0.2, 0.25) is 0 Å². The van der Waals surface area contributed by atoms with E-state index in [1.54, 1.807) is 0 Å². The molecule has 0 saturated heterocycles. The Bertz CT molecular complexity index is 407. The van der Waals surface area contributed by atoms with Gasteiger partial charge in [0, 0.05) is 6.42 Å². The zero-order valence-electron chi connectivity index (χ0n) is 10.0. The van der Waals surface area contributed by atoms with Crippen molar-refractivity contribution in [1.82, 2.24) is 5.32 Å². The average molecular weight is 231 g/mol. The van der Waals surface area contributed by atoms with Gasteiger partial charge in [-0.25, -0.2) is 0 Å². The van der Waals surface area contributed by atoms with E-state index in [0.29, 0.717) is 19.4 Å². The molecule has 90 valence electrons. The van der Waals surface area contributed by atoms with Gasteiger partial charge >= 0.3 is 0 Å². The zero-order chi connectivity index (χ0) is 12.5. The molecule has 0 atom stereocenters. The Balaban J connectivity index is 2.19. The van der Waals surface area contributed by atoms with Crippen LogP contribution in [0.25, 0.3) is 0 Å². The largest absolute Gasteiger partial charge is 0.493 e. The molecular formula is C14H17NO2. The molecule has 1 aromatic rings. The lowest BCUT2D eigenvalue weighted by molar-refractivity contribution is -0.121. The number of ether oxygens (including phenoxy) is 1. The predicted octanol–water partition coefficient (Wildman–Crippen LogP) is 1.90. The summed E-state index contributed by atoms with van der Waals surface area (Å²) in [4.78, 5) is 11.2. The summed E-state index contributed by atoms with van der Waals surface area (Å²) in [6.45, 7) is 2.82. The van der Waals surface area contributed by atoms with Crippen molar-refractivity contribution in [1.29, 1.82) is 0 Å². The molecule has 3 nitrogen and oxygen atoms in total. The highest BCUT2D eigenvalue weighted by Gasteiger charge is 2.01. The first-order chi connectivity index (χ1) is 8.24. The number of nitrogens with one attached hydrogen (secondary N) is 1. The molecule has 3 heteroatoms. The first-order valence-electron chi connectivity index (χ1n) is 5.62. The standard InChI is InChI=1S/C14H17NO2/c1-3-10-15-14(16)9-6-11-17-13-8-5-4-7-12(13)2/h1,4-5,7-8H,6,9-11H2,2H3,(H,15,16). The number of benzene rings is 1. The fourth-order valence-corrected chi connectivity index (χ4v) is 1.37. The van der Waals surface area contributed by atoms with Gasteiger partial charge in [-0.1, -0.05) is 24.1 Å². The lowest BCUT2D eigenvalue weighted by Crippen LogP contribution is -2.23. The molecule has 0 aromatic heterocycles. The number of amides is 1. The summed E-state index contributed by atoms with van der Waals surface area (Å²) < 4.78 is 5.57. The van der Waals surface area contributed by atoms with Crippen molar-refractivity contribution in [2.45, 2.75) is 19.8 Å². The highest BCUT2D eigenvalue weighted by Crippen LogP contribution is 2.16. The maximum atomic E-state index is 11.2. The molecule has 0 aliphatic rings. The number of para-hydroxylation sites is 1. The van der Waals surface area contributed by atoms with Crippen LogP contribution >= 0.6 is 0 Å². The van der Waals surface area contributed by atoms with Gasteiger partial charge in [-0.2, -0.15) is 0 Å². The molecule has 0 unspecified atom stereocenters. The van der Waals surface area contributed by atoms with Gasteiger partial charge in [0.05, 0.1) is 13.2 Å². The molecule has 0 radical (unpaired) electrons. The van der Waals surface area contributed by atoms with Crippen molar-refractivity contribution in [3.05, 3.63) is 29.8 Å². The average Bonchev–Trinajstić information content (AvgIpc) is 2.34. The Kier molecular flexibility index (Phi) is 5.67. The lowest BCUT2D eigenvalue weighted by Gasteiger charge is -2.08. The van der Waals surface area contributed by atoms with Crippen LogP contribution < -0.4 is 10.1 Å². The van der Waals surface area contributed by atoms with Crippen LogP contribution in [-0.4, -0.2) is 19.1 Å².